The second-order valence-corrected chi connectivity index (χ2v) is 6.13. The highest BCUT2D eigenvalue weighted by Gasteiger charge is 2.14. The lowest BCUT2D eigenvalue weighted by Crippen LogP contribution is -2.40. The van der Waals surface area contributed by atoms with Gasteiger partial charge < -0.3 is 4.74 Å². The monoisotopic (exact) mass is 375 g/mol. The summed E-state index contributed by atoms with van der Waals surface area (Å²) in [6.45, 7) is 0.319. The number of fused-ring (bicyclic) bond motifs is 1. The molecule has 4 rings (SSSR count). The molecule has 0 spiro atoms. The van der Waals surface area contributed by atoms with Gasteiger partial charge in [-0.1, -0.05) is 18.2 Å². The van der Waals surface area contributed by atoms with Crippen LogP contribution < -0.4 is 16.0 Å². The number of pyridine rings is 1. The summed E-state index contributed by atoms with van der Waals surface area (Å²) >= 11 is 0. The number of rotatable bonds is 5. The number of nitrogens with zero attached hydrogens (tertiary/aromatic N) is 5. The van der Waals surface area contributed by atoms with E-state index in [4.69, 9.17) is 4.74 Å². The Morgan fingerprint density at radius 2 is 1.86 bits per heavy atom. The van der Waals surface area contributed by atoms with Gasteiger partial charge in [0, 0.05) is 31.2 Å². The third-order valence-corrected chi connectivity index (χ3v) is 4.33. The number of aryl methyl sites for hydroxylation is 1. The van der Waals surface area contributed by atoms with Crippen LogP contribution >= 0.6 is 0 Å². The van der Waals surface area contributed by atoms with Gasteiger partial charge in [0.05, 0.1) is 6.54 Å². The summed E-state index contributed by atoms with van der Waals surface area (Å²) in [7, 11) is 1.58. The molecule has 0 unspecified atom stereocenters. The van der Waals surface area contributed by atoms with Crippen molar-refractivity contribution in [1.29, 1.82) is 0 Å². The van der Waals surface area contributed by atoms with Gasteiger partial charge in [0.1, 0.15) is 17.7 Å². The maximum atomic E-state index is 12.8. The molecule has 140 valence electrons. The highest BCUT2D eigenvalue weighted by atomic mass is 16.5. The lowest BCUT2D eigenvalue weighted by Gasteiger charge is -2.11. The Labute approximate surface area is 159 Å². The molecule has 0 N–H and O–H groups in total. The van der Waals surface area contributed by atoms with Crippen LogP contribution in [-0.4, -0.2) is 30.7 Å². The van der Waals surface area contributed by atoms with Gasteiger partial charge in [-0.15, -0.1) is 0 Å². The third kappa shape index (κ3) is 3.27. The van der Waals surface area contributed by atoms with E-state index >= 15 is 0 Å². The molecule has 0 amide bonds. The van der Waals surface area contributed by atoms with Gasteiger partial charge in [-0.3, -0.25) is 18.9 Å². The number of hydrogen-bond donors (Lipinski definition) is 0. The van der Waals surface area contributed by atoms with Crippen molar-refractivity contribution in [3.63, 3.8) is 0 Å². The van der Waals surface area contributed by atoms with Crippen LogP contribution in [-0.2, 0) is 13.6 Å². The van der Waals surface area contributed by atoms with Crippen molar-refractivity contribution < 1.29 is 4.74 Å². The molecule has 3 aromatic heterocycles. The molecule has 3 heterocycles. The van der Waals surface area contributed by atoms with Crippen molar-refractivity contribution in [3.05, 3.63) is 81.9 Å². The van der Waals surface area contributed by atoms with Crippen LogP contribution in [0.3, 0.4) is 0 Å². The highest BCUT2D eigenvalue weighted by molar-refractivity contribution is 5.75. The largest absolute Gasteiger partial charge is 0.492 e. The first-order chi connectivity index (χ1) is 13.6. The van der Waals surface area contributed by atoms with Crippen molar-refractivity contribution in [2.45, 2.75) is 6.54 Å². The summed E-state index contributed by atoms with van der Waals surface area (Å²) in [6, 6.07) is 12.8. The first-order valence-corrected chi connectivity index (χ1v) is 8.70. The summed E-state index contributed by atoms with van der Waals surface area (Å²) in [4.78, 5) is 38.2. The van der Waals surface area contributed by atoms with E-state index in [-0.39, 0.29) is 24.2 Å². The Morgan fingerprint density at radius 3 is 2.61 bits per heavy atom. The Bertz CT molecular complexity index is 1230. The molecule has 0 saturated carbocycles. The second kappa shape index (κ2) is 7.43. The molecule has 0 atom stereocenters. The molecular weight excluding hydrogens is 358 g/mol. The van der Waals surface area contributed by atoms with Crippen LogP contribution in [0.1, 0.15) is 0 Å². The Kier molecular flexibility index (Phi) is 4.67. The van der Waals surface area contributed by atoms with E-state index in [1.807, 2.05) is 36.4 Å². The van der Waals surface area contributed by atoms with E-state index in [1.165, 1.54) is 10.8 Å². The molecule has 0 fully saturated rings. The minimum absolute atomic E-state index is 0.126. The second-order valence-electron chi connectivity index (χ2n) is 6.13. The fraction of sp³-hybridized carbons (Fsp3) is 0.150. The van der Waals surface area contributed by atoms with Crippen molar-refractivity contribution in [2.24, 2.45) is 7.05 Å². The topological polar surface area (TPSA) is 91.9 Å². The molecular formula is C20H17N5O3. The summed E-state index contributed by atoms with van der Waals surface area (Å²) in [5, 5.41) is 0.273. The van der Waals surface area contributed by atoms with Crippen LogP contribution in [0.2, 0.25) is 0 Å². The van der Waals surface area contributed by atoms with E-state index in [1.54, 1.807) is 25.5 Å². The summed E-state index contributed by atoms with van der Waals surface area (Å²) in [5.41, 5.74) is 0.0962. The van der Waals surface area contributed by atoms with Gasteiger partial charge in [-0.05, 0) is 24.3 Å². The molecule has 0 radical (unpaired) electrons. The molecule has 8 heteroatoms. The molecule has 0 aliphatic rings. The number of ether oxygens (including phenoxy) is 1. The average Bonchev–Trinajstić information content (AvgIpc) is 2.75. The number of benzene rings is 1. The molecule has 0 saturated heterocycles. The normalized spacial score (nSPS) is 10.9. The fourth-order valence-electron chi connectivity index (χ4n) is 2.89. The lowest BCUT2D eigenvalue weighted by atomic mass is 10.2. The Balaban J connectivity index is 1.69. The van der Waals surface area contributed by atoms with Crippen LogP contribution in [0.15, 0.2) is 70.6 Å². The minimum Gasteiger partial charge on any atom is -0.492 e. The SMILES string of the molecule is Cn1c(=O)n(CCOc2ccccc2)c(=O)c2cnc(-c3cccnc3)nc21. The zero-order valence-corrected chi connectivity index (χ0v) is 15.1. The Morgan fingerprint density at radius 1 is 1.04 bits per heavy atom. The smallest absolute Gasteiger partial charge is 0.332 e. The van der Waals surface area contributed by atoms with Crippen molar-refractivity contribution in [1.82, 2.24) is 24.1 Å². The van der Waals surface area contributed by atoms with Crippen molar-refractivity contribution in [3.8, 4) is 17.1 Å². The molecule has 1 aromatic carbocycles. The van der Waals surface area contributed by atoms with Gasteiger partial charge in [-0.25, -0.2) is 14.8 Å². The maximum Gasteiger partial charge on any atom is 0.332 e. The zero-order valence-electron chi connectivity index (χ0n) is 15.1. The van der Waals surface area contributed by atoms with Crippen LogP contribution in [0.25, 0.3) is 22.4 Å². The van der Waals surface area contributed by atoms with Gasteiger partial charge in [0.25, 0.3) is 5.56 Å². The number of aromatic nitrogens is 5. The van der Waals surface area contributed by atoms with Crippen LogP contribution in [0.4, 0.5) is 0 Å². The fourth-order valence-corrected chi connectivity index (χ4v) is 2.89. The van der Waals surface area contributed by atoms with E-state index < -0.39 is 11.2 Å². The average molecular weight is 375 g/mol. The molecule has 8 nitrogen and oxygen atoms in total. The van der Waals surface area contributed by atoms with Gasteiger partial charge in [-0.2, -0.15) is 0 Å². The molecule has 28 heavy (non-hydrogen) atoms. The standard InChI is InChI=1S/C20H17N5O3/c1-24-18-16(13-22-17(23-18)14-6-5-9-21-12-14)19(26)25(20(24)27)10-11-28-15-7-3-2-4-8-15/h2-9,12-13H,10-11H2,1H3. The predicted octanol–water partition coefficient (Wildman–Crippen LogP) is 1.63. The quantitative estimate of drug-likeness (QED) is 0.526. The van der Waals surface area contributed by atoms with E-state index in [0.717, 1.165) is 4.57 Å². The lowest BCUT2D eigenvalue weighted by molar-refractivity contribution is 0.293. The summed E-state index contributed by atoms with van der Waals surface area (Å²) in [5.74, 6) is 1.08. The minimum atomic E-state index is -0.454. The van der Waals surface area contributed by atoms with Gasteiger partial charge in [0.2, 0.25) is 0 Å². The van der Waals surface area contributed by atoms with Gasteiger partial charge in [0.15, 0.2) is 11.5 Å². The first kappa shape index (κ1) is 17.6. The molecule has 0 bridgehead atoms. The van der Waals surface area contributed by atoms with E-state index in [2.05, 4.69) is 15.0 Å². The summed E-state index contributed by atoms with van der Waals surface area (Å²) in [6.07, 6.45) is 4.72. The number of para-hydroxylation sites is 1. The summed E-state index contributed by atoms with van der Waals surface area (Å²) < 4.78 is 8.09. The first-order valence-electron chi connectivity index (χ1n) is 8.70. The predicted molar refractivity (Wildman–Crippen MR) is 104 cm³/mol. The number of hydrogen-bond acceptors (Lipinski definition) is 6. The van der Waals surface area contributed by atoms with Crippen LogP contribution in [0.5, 0.6) is 5.75 Å². The van der Waals surface area contributed by atoms with E-state index in [9.17, 15) is 9.59 Å². The molecule has 0 aliphatic carbocycles. The third-order valence-electron chi connectivity index (χ3n) is 4.33. The van der Waals surface area contributed by atoms with Crippen molar-refractivity contribution >= 4 is 11.0 Å². The molecule has 4 aromatic rings. The highest BCUT2D eigenvalue weighted by Crippen LogP contribution is 2.14. The van der Waals surface area contributed by atoms with E-state index in [0.29, 0.717) is 17.1 Å². The maximum absolute atomic E-state index is 12.8. The van der Waals surface area contributed by atoms with Crippen LogP contribution in [0, 0.1) is 0 Å². The van der Waals surface area contributed by atoms with Crippen molar-refractivity contribution in [2.75, 3.05) is 6.61 Å². The molecule has 0 aliphatic heterocycles. The zero-order chi connectivity index (χ0) is 19.5. The van der Waals surface area contributed by atoms with Gasteiger partial charge >= 0.3 is 5.69 Å². The Hall–Kier alpha value is -3.81.